The first-order valence-corrected chi connectivity index (χ1v) is 9.36. The number of nitrogens with one attached hydrogen (secondary N) is 2. The minimum absolute atomic E-state index is 0.273. The van der Waals surface area contributed by atoms with Crippen molar-refractivity contribution >= 4 is 22.8 Å². The highest BCUT2D eigenvalue weighted by molar-refractivity contribution is 5.82. The van der Waals surface area contributed by atoms with Gasteiger partial charge in [0.25, 0.3) is 5.56 Å². The molecule has 0 atom stereocenters. The Hall–Kier alpha value is -3.74. The average Bonchev–Trinajstić information content (AvgIpc) is 2.73. The van der Waals surface area contributed by atoms with Crippen molar-refractivity contribution in [1.29, 1.82) is 0 Å². The molecule has 7 heteroatoms. The highest BCUT2D eigenvalue weighted by Crippen LogP contribution is 2.23. The van der Waals surface area contributed by atoms with Gasteiger partial charge in [-0.05, 0) is 43.2 Å². The Balaban J connectivity index is 1.71. The average molecular weight is 387 g/mol. The number of nitrogens with zero attached hydrogens (tertiary/aromatic N) is 3. The number of methoxy groups -OCH3 is 1. The third kappa shape index (κ3) is 3.94. The maximum absolute atomic E-state index is 12.2. The van der Waals surface area contributed by atoms with Gasteiger partial charge in [-0.15, -0.1) is 0 Å². The van der Waals surface area contributed by atoms with Crippen molar-refractivity contribution in [3.05, 3.63) is 70.1 Å². The molecule has 7 nitrogen and oxygen atoms in total. The largest absolute Gasteiger partial charge is 0.497 e. The number of fused-ring (bicyclic) bond motifs is 1. The summed E-state index contributed by atoms with van der Waals surface area (Å²) in [5.74, 6) is 1.35. The van der Waals surface area contributed by atoms with E-state index in [1.54, 1.807) is 7.11 Å². The Kier molecular flexibility index (Phi) is 4.95. The standard InChI is InChI=1S/C22H21N5O2/c1-4-14-8-9-18-17(10-14)13(2)23-21(24-18)27-22-25-19(12-20(28)26-22)15-6-5-7-16(11-15)29-3/h5-12H,4H2,1-3H3,(H2,23,24,25,26,27,28). The molecule has 29 heavy (non-hydrogen) atoms. The van der Waals surface area contributed by atoms with E-state index in [4.69, 9.17) is 4.74 Å². The number of ether oxygens (including phenoxy) is 1. The van der Waals surface area contributed by atoms with Gasteiger partial charge < -0.3 is 4.74 Å². The Labute approximate surface area is 167 Å². The minimum atomic E-state index is -0.273. The molecule has 2 aromatic heterocycles. The van der Waals surface area contributed by atoms with Gasteiger partial charge in [0.15, 0.2) is 0 Å². The zero-order valence-corrected chi connectivity index (χ0v) is 16.5. The maximum atomic E-state index is 12.2. The first kappa shape index (κ1) is 18.6. The fourth-order valence-corrected chi connectivity index (χ4v) is 3.16. The van der Waals surface area contributed by atoms with Crippen molar-refractivity contribution < 1.29 is 4.74 Å². The number of H-pyrrole nitrogens is 1. The number of aromatic amines is 1. The van der Waals surface area contributed by atoms with Gasteiger partial charge in [0.05, 0.1) is 24.0 Å². The van der Waals surface area contributed by atoms with E-state index in [1.165, 1.54) is 11.6 Å². The molecule has 0 radical (unpaired) electrons. The topological polar surface area (TPSA) is 92.8 Å². The Morgan fingerprint density at radius 3 is 2.72 bits per heavy atom. The molecule has 0 aliphatic rings. The molecule has 0 spiro atoms. The van der Waals surface area contributed by atoms with Gasteiger partial charge in [-0.1, -0.05) is 25.1 Å². The van der Waals surface area contributed by atoms with Crippen molar-refractivity contribution in [2.24, 2.45) is 0 Å². The van der Waals surface area contributed by atoms with Crippen LogP contribution in [0.3, 0.4) is 0 Å². The van der Waals surface area contributed by atoms with Crippen LogP contribution in [0.4, 0.5) is 11.9 Å². The third-order valence-corrected chi connectivity index (χ3v) is 4.70. The molecule has 0 amide bonds. The summed E-state index contributed by atoms with van der Waals surface area (Å²) in [6, 6.07) is 15.0. The summed E-state index contributed by atoms with van der Waals surface area (Å²) in [5, 5.41) is 4.04. The molecule has 4 aromatic rings. The lowest BCUT2D eigenvalue weighted by atomic mass is 10.1. The van der Waals surface area contributed by atoms with Crippen LogP contribution in [0.15, 0.2) is 53.3 Å². The van der Waals surface area contributed by atoms with Crippen LogP contribution in [0, 0.1) is 6.92 Å². The summed E-state index contributed by atoms with van der Waals surface area (Å²) in [4.78, 5) is 28.5. The normalized spacial score (nSPS) is 10.9. The van der Waals surface area contributed by atoms with Gasteiger partial charge in [-0.2, -0.15) is 0 Å². The van der Waals surface area contributed by atoms with Crippen LogP contribution in [0.1, 0.15) is 18.2 Å². The summed E-state index contributed by atoms with van der Waals surface area (Å²) < 4.78 is 5.25. The fourth-order valence-electron chi connectivity index (χ4n) is 3.16. The molecular formula is C22H21N5O2. The summed E-state index contributed by atoms with van der Waals surface area (Å²) in [7, 11) is 1.60. The van der Waals surface area contributed by atoms with Gasteiger partial charge in [0.1, 0.15) is 5.75 Å². The number of rotatable bonds is 5. The SMILES string of the molecule is CCc1ccc2nc(Nc3nc(-c4cccc(OC)c4)cc(=O)[nH]3)nc(C)c2c1. The molecule has 2 N–H and O–H groups in total. The summed E-state index contributed by atoms with van der Waals surface area (Å²) in [5.41, 5.74) is 3.97. The van der Waals surface area contributed by atoms with E-state index in [2.05, 4.69) is 44.3 Å². The second-order valence-corrected chi connectivity index (χ2v) is 6.67. The van der Waals surface area contributed by atoms with Crippen molar-refractivity contribution in [3.8, 4) is 17.0 Å². The fraction of sp³-hybridized carbons (Fsp3) is 0.182. The summed E-state index contributed by atoms with van der Waals surface area (Å²) in [6.45, 7) is 4.06. The van der Waals surface area contributed by atoms with Crippen LogP contribution in [0.2, 0.25) is 0 Å². The molecule has 0 bridgehead atoms. The van der Waals surface area contributed by atoms with Crippen LogP contribution in [0.25, 0.3) is 22.2 Å². The molecule has 0 aliphatic heterocycles. The zero-order chi connectivity index (χ0) is 20.4. The molecular weight excluding hydrogens is 366 g/mol. The lowest BCUT2D eigenvalue weighted by Crippen LogP contribution is -2.12. The molecule has 2 aromatic carbocycles. The van der Waals surface area contributed by atoms with Gasteiger partial charge in [-0.25, -0.2) is 15.0 Å². The van der Waals surface area contributed by atoms with E-state index in [0.717, 1.165) is 28.6 Å². The van der Waals surface area contributed by atoms with E-state index >= 15 is 0 Å². The number of aromatic nitrogens is 4. The van der Waals surface area contributed by atoms with E-state index < -0.39 is 0 Å². The minimum Gasteiger partial charge on any atom is -0.497 e. The van der Waals surface area contributed by atoms with E-state index in [1.807, 2.05) is 37.3 Å². The van der Waals surface area contributed by atoms with Crippen LogP contribution in [-0.4, -0.2) is 27.0 Å². The van der Waals surface area contributed by atoms with Gasteiger partial charge in [0, 0.05) is 17.0 Å². The van der Waals surface area contributed by atoms with Crippen LogP contribution >= 0.6 is 0 Å². The van der Waals surface area contributed by atoms with E-state index in [9.17, 15) is 4.79 Å². The zero-order valence-electron chi connectivity index (χ0n) is 16.5. The lowest BCUT2D eigenvalue weighted by Gasteiger charge is -2.09. The second-order valence-electron chi connectivity index (χ2n) is 6.67. The Morgan fingerprint density at radius 1 is 1.07 bits per heavy atom. The first-order chi connectivity index (χ1) is 14.1. The van der Waals surface area contributed by atoms with Crippen LogP contribution < -0.4 is 15.6 Å². The number of hydrogen-bond acceptors (Lipinski definition) is 6. The van der Waals surface area contributed by atoms with E-state index in [0.29, 0.717) is 17.4 Å². The lowest BCUT2D eigenvalue weighted by molar-refractivity contribution is 0.415. The molecule has 0 unspecified atom stereocenters. The number of anilines is 2. The maximum Gasteiger partial charge on any atom is 0.252 e. The summed E-state index contributed by atoms with van der Waals surface area (Å²) >= 11 is 0. The first-order valence-electron chi connectivity index (χ1n) is 9.36. The molecule has 146 valence electrons. The van der Waals surface area contributed by atoms with Gasteiger partial charge >= 0.3 is 0 Å². The number of aryl methyl sites for hydroxylation is 2. The number of benzene rings is 2. The molecule has 0 saturated heterocycles. The van der Waals surface area contributed by atoms with Crippen molar-refractivity contribution in [3.63, 3.8) is 0 Å². The van der Waals surface area contributed by atoms with E-state index in [-0.39, 0.29) is 11.5 Å². The summed E-state index contributed by atoms with van der Waals surface area (Å²) in [6.07, 6.45) is 0.956. The van der Waals surface area contributed by atoms with Crippen molar-refractivity contribution in [2.45, 2.75) is 20.3 Å². The third-order valence-electron chi connectivity index (χ3n) is 4.70. The second kappa shape index (κ2) is 7.71. The molecule has 2 heterocycles. The highest BCUT2D eigenvalue weighted by Gasteiger charge is 2.09. The van der Waals surface area contributed by atoms with Crippen LogP contribution in [0.5, 0.6) is 5.75 Å². The van der Waals surface area contributed by atoms with Gasteiger partial charge in [0.2, 0.25) is 11.9 Å². The Bertz CT molecular complexity index is 1250. The monoisotopic (exact) mass is 387 g/mol. The Morgan fingerprint density at radius 2 is 1.93 bits per heavy atom. The molecule has 0 aliphatic carbocycles. The highest BCUT2D eigenvalue weighted by atomic mass is 16.5. The molecule has 0 saturated carbocycles. The molecule has 4 rings (SSSR count). The molecule has 0 fully saturated rings. The van der Waals surface area contributed by atoms with Crippen LogP contribution in [-0.2, 0) is 6.42 Å². The quantitative estimate of drug-likeness (QED) is 0.538. The predicted octanol–water partition coefficient (Wildman–Crippen LogP) is 4.00. The van der Waals surface area contributed by atoms with Gasteiger partial charge in [-0.3, -0.25) is 15.1 Å². The van der Waals surface area contributed by atoms with Crippen molar-refractivity contribution in [2.75, 3.05) is 12.4 Å². The van der Waals surface area contributed by atoms with Crippen molar-refractivity contribution in [1.82, 2.24) is 19.9 Å². The number of hydrogen-bond donors (Lipinski definition) is 2. The smallest absolute Gasteiger partial charge is 0.252 e. The predicted molar refractivity (Wildman–Crippen MR) is 114 cm³/mol.